The topological polar surface area (TPSA) is 26.3 Å². The standard InChI is InChI=1S/C10H16NO2/c1-11(6-3-2-4-7-11)9-5-8-13-10(9)12/h2-3,9H,4-8H2,1H3/q+1. The fourth-order valence-electron chi connectivity index (χ4n) is 2.23. The van der Waals surface area contributed by atoms with Crippen LogP contribution in [0.5, 0.6) is 0 Å². The summed E-state index contributed by atoms with van der Waals surface area (Å²) in [4.78, 5) is 11.4. The Morgan fingerprint density at radius 2 is 2.38 bits per heavy atom. The molecule has 0 spiro atoms. The zero-order valence-electron chi connectivity index (χ0n) is 8.03. The number of hydrogen-bond acceptors (Lipinski definition) is 2. The molecule has 13 heavy (non-hydrogen) atoms. The molecular weight excluding hydrogens is 166 g/mol. The second-order valence-corrected chi connectivity index (χ2v) is 4.12. The first-order valence-electron chi connectivity index (χ1n) is 4.88. The number of hydrogen-bond donors (Lipinski definition) is 0. The highest BCUT2D eigenvalue weighted by Gasteiger charge is 2.42. The molecule has 3 nitrogen and oxygen atoms in total. The van der Waals surface area contributed by atoms with Gasteiger partial charge in [-0.25, -0.2) is 4.79 Å². The first-order valence-corrected chi connectivity index (χ1v) is 4.88. The molecule has 0 aromatic rings. The quantitative estimate of drug-likeness (QED) is 0.339. The Morgan fingerprint density at radius 3 is 2.92 bits per heavy atom. The number of cyclic esters (lactones) is 1. The minimum absolute atomic E-state index is 0.00204. The highest BCUT2D eigenvalue weighted by molar-refractivity contribution is 5.76. The third-order valence-corrected chi connectivity index (χ3v) is 3.16. The van der Waals surface area contributed by atoms with Crippen molar-refractivity contribution in [3.8, 4) is 0 Å². The van der Waals surface area contributed by atoms with Crippen LogP contribution in [0.25, 0.3) is 0 Å². The highest BCUT2D eigenvalue weighted by Crippen LogP contribution is 2.23. The van der Waals surface area contributed by atoms with Gasteiger partial charge in [-0.1, -0.05) is 6.08 Å². The summed E-state index contributed by atoms with van der Waals surface area (Å²) >= 11 is 0. The molecule has 1 saturated heterocycles. The zero-order valence-corrected chi connectivity index (χ0v) is 8.03. The Morgan fingerprint density at radius 1 is 1.54 bits per heavy atom. The number of esters is 1. The number of rotatable bonds is 1. The summed E-state index contributed by atoms with van der Waals surface area (Å²) in [6.45, 7) is 2.65. The normalized spacial score (nSPS) is 39.2. The lowest BCUT2D eigenvalue weighted by molar-refractivity contribution is -0.919. The summed E-state index contributed by atoms with van der Waals surface area (Å²) in [6.07, 6.45) is 6.35. The predicted octanol–water partition coefficient (Wildman–Crippen LogP) is 0.708. The van der Waals surface area contributed by atoms with Crippen molar-refractivity contribution in [2.24, 2.45) is 0 Å². The van der Waals surface area contributed by atoms with E-state index in [9.17, 15) is 4.79 Å². The molecule has 72 valence electrons. The maximum absolute atomic E-state index is 11.4. The van der Waals surface area contributed by atoms with Crippen LogP contribution >= 0.6 is 0 Å². The maximum Gasteiger partial charge on any atom is 0.365 e. The largest absolute Gasteiger partial charge is 0.461 e. The van der Waals surface area contributed by atoms with Crippen molar-refractivity contribution in [1.82, 2.24) is 0 Å². The van der Waals surface area contributed by atoms with Gasteiger partial charge in [-0.05, 0) is 6.08 Å². The fourth-order valence-corrected chi connectivity index (χ4v) is 2.23. The molecule has 2 aliphatic heterocycles. The third-order valence-electron chi connectivity index (χ3n) is 3.16. The van der Waals surface area contributed by atoms with Crippen LogP contribution in [0.15, 0.2) is 12.2 Å². The lowest BCUT2D eigenvalue weighted by Crippen LogP contribution is -2.55. The molecule has 3 heteroatoms. The maximum atomic E-state index is 11.4. The van der Waals surface area contributed by atoms with Crippen molar-refractivity contribution in [3.05, 3.63) is 12.2 Å². The van der Waals surface area contributed by atoms with Gasteiger partial charge < -0.3 is 9.22 Å². The van der Waals surface area contributed by atoms with Crippen LogP contribution < -0.4 is 0 Å². The molecule has 0 radical (unpaired) electrons. The average molecular weight is 182 g/mol. The van der Waals surface area contributed by atoms with E-state index in [0.29, 0.717) is 6.61 Å². The van der Waals surface area contributed by atoms with Gasteiger partial charge in [0.05, 0.1) is 26.7 Å². The molecule has 0 aromatic carbocycles. The zero-order chi connectivity index (χ0) is 9.31. The van der Waals surface area contributed by atoms with E-state index in [2.05, 4.69) is 19.2 Å². The number of likely N-dealkylation sites (N-methyl/N-ethyl adjacent to an activating group) is 1. The van der Waals surface area contributed by atoms with E-state index < -0.39 is 0 Å². The summed E-state index contributed by atoms with van der Waals surface area (Å²) < 4.78 is 5.85. The Hall–Kier alpha value is -0.830. The van der Waals surface area contributed by atoms with Crippen LogP contribution in [0.2, 0.25) is 0 Å². The molecule has 0 aromatic heterocycles. The van der Waals surface area contributed by atoms with Crippen LogP contribution in [0.1, 0.15) is 12.8 Å². The van der Waals surface area contributed by atoms with Gasteiger partial charge in [-0.15, -0.1) is 0 Å². The van der Waals surface area contributed by atoms with Gasteiger partial charge in [0, 0.05) is 12.8 Å². The average Bonchev–Trinajstić information content (AvgIpc) is 2.53. The van der Waals surface area contributed by atoms with Crippen LogP contribution in [0, 0.1) is 0 Å². The van der Waals surface area contributed by atoms with Gasteiger partial charge in [0.1, 0.15) is 0 Å². The van der Waals surface area contributed by atoms with Crippen molar-refractivity contribution in [1.29, 1.82) is 0 Å². The molecule has 0 N–H and O–H groups in total. The Kier molecular flexibility index (Phi) is 2.12. The Labute approximate surface area is 78.6 Å². The smallest absolute Gasteiger partial charge is 0.365 e. The Bertz CT molecular complexity index is 249. The van der Waals surface area contributed by atoms with Gasteiger partial charge >= 0.3 is 5.97 Å². The Balaban J connectivity index is 2.13. The van der Waals surface area contributed by atoms with Gasteiger partial charge in [0.15, 0.2) is 6.04 Å². The first kappa shape index (κ1) is 8.75. The summed E-state index contributed by atoms with van der Waals surface area (Å²) in [5.41, 5.74) is 0. The van der Waals surface area contributed by atoms with E-state index in [0.717, 1.165) is 30.4 Å². The number of carbonyl (C=O) groups excluding carboxylic acids is 1. The molecule has 0 bridgehead atoms. The second-order valence-electron chi connectivity index (χ2n) is 4.12. The van der Waals surface area contributed by atoms with Crippen LogP contribution in [-0.2, 0) is 9.53 Å². The van der Waals surface area contributed by atoms with E-state index in [1.807, 2.05) is 0 Å². The van der Waals surface area contributed by atoms with Crippen molar-refractivity contribution in [2.75, 3.05) is 26.7 Å². The van der Waals surface area contributed by atoms with Crippen LogP contribution in [0.4, 0.5) is 0 Å². The number of nitrogens with zero attached hydrogens (tertiary/aromatic N) is 1. The van der Waals surface area contributed by atoms with E-state index >= 15 is 0 Å². The minimum atomic E-state index is -0.00204. The molecule has 0 aliphatic carbocycles. The van der Waals surface area contributed by atoms with Gasteiger partial charge in [0.2, 0.25) is 0 Å². The van der Waals surface area contributed by atoms with E-state index in [1.54, 1.807) is 0 Å². The van der Waals surface area contributed by atoms with E-state index in [1.165, 1.54) is 0 Å². The van der Waals surface area contributed by atoms with Crippen LogP contribution in [0.3, 0.4) is 0 Å². The number of quaternary nitrogens is 1. The second kappa shape index (κ2) is 3.14. The van der Waals surface area contributed by atoms with Gasteiger partial charge in [0.25, 0.3) is 0 Å². The molecule has 2 aliphatic rings. The van der Waals surface area contributed by atoms with Crippen LogP contribution in [-0.4, -0.2) is 43.2 Å². The molecule has 2 heterocycles. The van der Waals surface area contributed by atoms with Crippen molar-refractivity contribution in [2.45, 2.75) is 18.9 Å². The molecule has 2 atom stereocenters. The summed E-state index contributed by atoms with van der Waals surface area (Å²) in [5.74, 6) is -0.00204. The lowest BCUT2D eigenvalue weighted by Gasteiger charge is -2.38. The summed E-state index contributed by atoms with van der Waals surface area (Å²) in [5, 5.41) is 0. The molecule has 2 unspecified atom stereocenters. The minimum Gasteiger partial charge on any atom is -0.461 e. The van der Waals surface area contributed by atoms with Gasteiger partial charge in [-0.3, -0.25) is 0 Å². The fraction of sp³-hybridized carbons (Fsp3) is 0.700. The lowest BCUT2D eigenvalue weighted by atomic mass is 10.1. The highest BCUT2D eigenvalue weighted by atomic mass is 16.5. The summed E-state index contributed by atoms with van der Waals surface area (Å²) in [7, 11) is 2.15. The van der Waals surface area contributed by atoms with Gasteiger partial charge in [-0.2, -0.15) is 0 Å². The number of carbonyl (C=O) groups is 1. The third kappa shape index (κ3) is 1.48. The monoisotopic (exact) mass is 182 g/mol. The summed E-state index contributed by atoms with van der Waals surface area (Å²) in [6, 6.07) is 0.0879. The number of ether oxygens (including phenoxy) is 1. The molecule has 2 rings (SSSR count). The van der Waals surface area contributed by atoms with E-state index in [-0.39, 0.29) is 12.0 Å². The molecule has 0 saturated carbocycles. The first-order chi connectivity index (χ1) is 6.22. The molecule has 0 amide bonds. The van der Waals surface area contributed by atoms with Crippen molar-refractivity contribution < 1.29 is 14.0 Å². The SMILES string of the molecule is C[N+]1(C2CCOC2=O)CC=CCC1. The molecular formula is C10H16NO2+. The predicted molar refractivity (Wildman–Crippen MR) is 49.0 cm³/mol. The van der Waals surface area contributed by atoms with Crippen molar-refractivity contribution in [3.63, 3.8) is 0 Å². The van der Waals surface area contributed by atoms with E-state index in [4.69, 9.17) is 4.74 Å². The van der Waals surface area contributed by atoms with Crippen molar-refractivity contribution >= 4 is 5.97 Å². The molecule has 1 fully saturated rings.